The van der Waals surface area contributed by atoms with Crippen molar-refractivity contribution in [1.29, 1.82) is 0 Å². The van der Waals surface area contributed by atoms with E-state index in [-0.39, 0.29) is 17.2 Å². The quantitative estimate of drug-likeness (QED) is 0.305. The van der Waals surface area contributed by atoms with Gasteiger partial charge in [0.15, 0.2) is 5.16 Å². The maximum absolute atomic E-state index is 13.8. The van der Waals surface area contributed by atoms with Crippen LogP contribution in [0.4, 0.5) is 0 Å². The first kappa shape index (κ1) is 23.1. The van der Waals surface area contributed by atoms with Crippen molar-refractivity contribution < 1.29 is 4.79 Å². The SMILES string of the molecule is CN1CCc2c(sc3nc(SCC(=O)NCc4ccccc4)n(-c4ccc(Cl)cc4)c(=O)c23)C1. The molecule has 0 fully saturated rings. The number of aromatic nitrogens is 2. The molecule has 3 heterocycles. The summed E-state index contributed by atoms with van der Waals surface area (Å²) in [7, 11) is 2.09. The number of nitrogens with one attached hydrogen (secondary N) is 1. The van der Waals surface area contributed by atoms with Crippen LogP contribution >= 0.6 is 34.7 Å². The van der Waals surface area contributed by atoms with Gasteiger partial charge in [0.2, 0.25) is 5.91 Å². The largest absolute Gasteiger partial charge is 0.351 e. The molecule has 1 N–H and O–H groups in total. The number of carbonyl (C=O) groups is 1. The number of halogens is 1. The van der Waals surface area contributed by atoms with Gasteiger partial charge in [0.25, 0.3) is 5.56 Å². The number of rotatable bonds is 6. The van der Waals surface area contributed by atoms with Crippen LogP contribution in [0.5, 0.6) is 0 Å². The van der Waals surface area contributed by atoms with Crippen molar-refractivity contribution in [3.05, 3.63) is 86.0 Å². The Morgan fingerprint density at radius 2 is 1.94 bits per heavy atom. The molecule has 0 atom stereocenters. The van der Waals surface area contributed by atoms with Crippen molar-refractivity contribution in [1.82, 2.24) is 19.8 Å². The lowest BCUT2D eigenvalue weighted by Crippen LogP contribution is -2.28. The Labute approximate surface area is 210 Å². The number of benzene rings is 2. The Balaban J connectivity index is 1.48. The first-order chi connectivity index (χ1) is 16.5. The van der Waals surface area contributed by atoms with E-state index in [2.05, 4.69) is 17.3 Å². The number of likely N-dealkylation sites (N-methyl/N-ethyl adjacent to an activating group) is 1. The van der Waals surface area contributed by atoms with Crippen molar-refractivity contribution in [3.8, 4) is 5.69 Å². The summed E-state index contributed by atoms with van der Waals surface area (Å²) in [6.45, 7) is 2.19. The summed E-state index contributed by atoms with van der Waals surface area (Å²) in [6, 6.07) is 16.9. The number of nitrogens with zero attached hydrogens (tertiary/aromatic N) is 3. The molecule has 2 aromatic carbocycles. The number of thiophene rings is 1. The van der Waals surface area contributed by atoms with Crippen molar-refractivity contribution in [2.45, 2.75) is 24.7 Å². The second kappa shape index (κ2) is 9.92. The van der Waals surface area contributed by atoms with Crippen LogP contribution in [-0.4, -0.2) is 39.7 Å². The smallest absolute Gasteiger partial charge is 0.267 e. The van der Waals surface area contributed by atoms with Crippen LogP contribution in [0.15, 0.2) is 64.5 Å². The zero-order valence-corrected chi connectivity index (χ0v) is 21.0. The minimum atomic E-state index is -0.113. The molecule has 0 spiro atoms. The van der Waals surface area contributed by atoms with Gasteiger partial charge in [-0.3, -0.25) is 14.2 Å². The molecule has 174 valence electrons. The van der Waals surface area contributed by atoms with Gasteiger partial charge in [0.1, 0.15) is 4.83 Å². The molecule has 2 aromatic heterocycles. The zero-order valence-electron chi connectivity index (χ0n) is 18.6. The number of amides is 1. The molecule has 0 bridgehead atoms. The maximum Gasteiger partial charge on any atom is 0.267 e. The molecule has 9 heteroatoms. The number of hydrogen-bond acceptors (Lipinski definition) is 6. The maximum atomic E-state index is 13.8. The molecule has 5 rings (SSSR count). The molecule has 6 nitrogen and oxygen atoms in total. The molecule has 1 aliphatic heterocycles. The summed E-state index contributed by atoms with van der Waals surface area (Å²) in [5, 5.41) is 4.73. The molecular weight excluding hydrogens is 488 g/mol. The molecule has 0 radical (unpaired) electrons. The minimum Gasteiger partial charge on any atom is -0.351 e. The fourth-order valence-corrected chi connectivity index (χ4v) is 6.35. The van der Waals surface area contributed by atoms with Crippen LogP contribution in [0.25, 0.3) is 15.9 Å². The summed E-state index contributed by atoms with van der Waals surface area (Å²) in [5.74, 6) is 0.0459. The summed E-state index contributed by atoms with van der Waals surface area (Å²) in [5.41, 5.74) is 2.73. The first-order valence-electron chi connectivity index (χ1n) is 10.9. The van der Waals surface area contributed by atoms with Crippen molar-refractivity contribution in [2.24, 2.45) is 0 Å². The van der Waals surface area contributed by atoms with Gasteiger partial charge in [-0.1, -0.05) is 53.7 Å². The van der Waals surface area contributed by atoms with Crippen molar-refractivity contribution >= 4 is 50.8 Å². The minimum absolute atomic E-state index is 0.0958. The van der Waals surface area contributed by atoms with Crippen LogP contribution < -0.4 is 10.9 Å². The topological polar surface area (TPSA) is 67.2 Å². The van der Waals surface area contributed by atoms with Gasteiger partial charge < -0.3 is 10.2 Å². The van der Waals surface area contributed by atoms with E-state index in [0.717, 1.165) is 35.5 Å². The van der Waals surface area contributed by atoms with Gasteiger partial charge in [-0.15, -0.1) is 11.3 Å². The highest BCUT2D eigenvalue weighted by molar-refractivity contribution is 7.99. The number of thioether (sulfide) groups is 1. The van der Waals surface area contributed by atoms with Gasteiger partial charge in [-0.05, 0) is 48.9 Å². The van der Waals surface area contributed by atoms with Gasteiger partial charge in [-0.2, -0.15) is 0 Å². The molecule has 0 saturated heterocycles. The molecule has 1 amide bonds. The molecule has 0 saturated carbocycles. The summed E-state index contributed by atoms with van der Waals surface area (Å²) < 4.78 is 1.61. The highest BCUT2D eigenvalue weighted by Gasteiger charge is 2.24. The third kappa shape index (κ3) is 4.77. The zero-order chi connectivity index (χ0) is 23.7. The number of fused-ring (bicyclic) bond motifs is 3. The first-order valence-corrected chi connectivity index (χ1v) is 13.1. The fraction of sp³-hybridized carbons (Fsp3) is 0.240. The molecule has 34 heavy (non-hydrogen) atoms. The lowest BCUT2D eigenvalue weighted by Gasteiger charge is -2.21. The molecule has 1 aliphatic rings. The van der Waals surface area contributed by atoms with Crippen molar-refractivity contribution in [3.63, 3.8) is 0 Å². The van der Waals surface area contributed by atoms with E-state index in [4.69, 9.17) is 16.6 Å². The van der Waals surface area contributed by atoms with E-state index >= 15 is 0 Å². The molecule has 4 aromatic rings. The van der Waals surface area contributed by atoms with Crippen LogP contribution in [0, 0.1) is 0 Å². The van der Waals surface area contributed by atoms with Crippen LogP contribution in [0.1, 0.15) is 16.0 Å². The summed E-state index contributed by atoms with van der Waals surface area (Å²) in [4.78, 5) is 35.4. The predicted octanol–water partition coefficient (Wildman–Crippen LogP) is 4.50. The average Bonchev–Trinajstić information content (AvgIpc) is 3.20. The van der Waals surface area contributed by atoms with Gasteiger partial charge in [0.05, 0.1) is 16.8 Å². The number of carbonyl (C=O) groups excluding carboxylic acids is 1. The Bertz CT molecular complexity index is 1400. The van der Waals surface area contributed by atoms with Gasteiger partial charge in [0, 0.05) is 29.5 Å². The summed E-state index contributed by atoms with van der Waals surface area (Å²) in [6.07, 6.45) is 0.831. The van der Waals surface area contributed by atoms with E-state index < -0.39 is 0 Å². The molecular formula is C25H23ClN4O2S2. The lowest BCUT2D eigenvalue weighted by molar-refractivity contribution is -0.118. The summed E-state index contributed by atoms with van der Waals surface area (Å²) >= 11 is 8.94. The highest BCUT2D eigenvalue weighted by atomic mass is 35.5. The predicted molar refractivity (Wildman–Crippen MR) is 139 cm³/mol. The van der Waals surface area contributed by atoms with Gasteiger partial charge >= 0.3 is 0 Å². The van der Waals surface area contributed by atoms with Crippen LogP contribution in [0.3, 0.4) is 0 Å². The van der Waals surface area contributed by atoms with E-state index in [1.165, 1.54) is 16.6 Å². The fourth-order valence-electron chi connectivity index (χ4n) is 4.04. The second-order valence-corrected chi connectivity index (χ2v) is 10.7. The average molecular weight is 511 g/mol. The van der Waals surface area contributed by atoms with E-state index in [1.807, 2.05) is 42.5 Å². The second-order valence-electron chi connectivity index (χ2n) is 8.23. The Kier molecular flexibility index (Phi) is 6.74. The molecule has 0 aliphatic carbocycles. The Morgan fingerprint density at radius 1 is 1.18 bits per heavy atom. The lowest BCUT2D eigenvalue weighted by atomic mass is 10.1. The Hall–Kier alpha value is -2.65. The van der Waals surface area contributed by atoms with Crippen LogP contribution in [0.2, 0.25) is 5.02 Å². The monoisotopic (exact) mass is 510 g/mol. The van der Waals surface area contributed by atoms with Crippen LogP contribution in [-0.2, 0) is 24.3 Å². The number of hydrogen-bond donors (Lipinski definition) is 1. The normalized spacial score (nSPS) is 13.7. The Morgan fingerprint density at radius 3 is 2.71 bits per heavy atom. The van der Waals surface area contributed by atoms with E-state index in [9.17, 15) is 9.59 Å². The standard InChI is InChI=1S/C25H23ClN4O2S2/c1-29-12-11-19-20(14-29)34-23-22(19)24(32)30(18-9-7-17(26)8-10-18)25(28-23)33-15-21(31)27-13-16-5-3-2-4-6-16/h2-10H,11-15H2,1H3,(H,27,31). The van der Waals surface area contributed by atoms with E-state index in [1.54, 1.807) is 28.0 Å². The van der Waals surface area contributed by atoms with E-state index in [0.29, 0.717) is 27.8 Å². The van der Waals surface area contributed by atoms with Gasteiger partial charge in [-0.25, -0.2) is 4.98 Å². The van der Waals surface area contributed by atoms with Crippen molar-refractivity contribution in [2.75, 3.05) is 19.3 Å². The third-order valence-electron chi connectivity index (χ3n) is 5.78. The third-order valence-corrected chi connectivity index (χ3v) is 8.09. The highest BCUT2D eigenvalue weighted by Crippen LogP contribution is 2.34. The molecule has 0 unspecified atom stereocenters.